The number of ether oxygens (including phenoxy) is 2. The molecule has 3 rings (SSSR count). The molecule has 0 unspecified atom stereocenters. The van der Waals surface area contributed by atoms with Crippen molar-refractivity contribution in [1.82, 2.24) is 10.2 Å². The van der Waals surface area contributed by atoms with Crippen LogP contribution in [0.2, 0.25) is 0 Å². The van der Waals surface area contributed by atoms with Gasteiger partial charge in [-0.15, -0.1) is 11.3 Å². The first-order chi connectivity index (χ1) is 10.6. The minimum atomic E-state index is -0.110. The van der Waals surface area contributed by atoms with Crippen molar-refractivity contribution in [3.8, 4) is 11.5 Å². The minimum absolute atomic E-state index is 0.110. The molecular formula is C16H18N2O3S. The maximum Gasteiger partial charge on any atom is 0.251 e. The van der Waals surface area contributed by atoms with Gasteiger partial charge < -0.3 is 19.7 Å². The van der Waals surface area contributed by atoms with E-state index >= 15 is 0 Å². The average Bonchev–Trinajstić information content (AvgIpc) is 3.17. The highest BCUT2D eigenvalue weighted by atomic mass is 32.1. The monoisotopic (exact) mass is 318 g/mol. The predicted octanol–water partition coefficient (Wildman–Crippen LogP) is 2.51. The predicted molar refractivity (Wildman–Crippen MR) is 85.6 cm³/mol. The summed E-state index contributed by atoms with van der Waals surface area (Å²) in [7, 11) is 4.02. The molecule has 2 aromatic rings. The summed E-state index contributed by atoms with van der Waals surface area (Å²) >= 11 is 1.69. The van der Waals surface area contributed by atoms with Gasteiger partial charge in [0.25, 0.3) is 5.91 Å². The van der Waals surface area contributed by atoms with Gasteiger partial charge in [-0.25, -0.2) is 0 Å². The Morgan fingerprint density at radius 2 is 2.14 bits per heavy atom. The van der Waals surface area contributed by atoms with E-state index in [1.54, 1.807) is 29.5 Å². The lowest BCUT2D eigenvalue weighted by molar-refractivity contribution is 0.0942. The molecule has 6 heteroatoms. The number of amides is 1. The van der Waals surface area contributed by atoms with Crippen molar-refractivity contribution < 1.29 is 14.3 Å². The molecule has 0 spiro atoms. The van der Waals surface area contributed by atoms with Crippen LogP contribution in [0.5, 0.6) is 11.5 Å². The molecule has 5 nitrogen and oxygen atoms in total. The fourth-order valence-electron chi connectivity index (χ4n) is 2.35. The second-order valence-corrected chi connectivity index (χ2v) is 6.25. The standard InChI is InChI=1S/C16H18N2O3S/c1-18(2)12(15-4-3-7-22-15)9-17-16(19)11-5-6-13-14(8-11)21-10-20-13/h3-8,12H,9-10H2,1-2H3,(H,17,19)/t12-/m1/s1. The third kappa shape index (κ3) is 3.08. The number of rotatable bonds is 5. The van der Waals surface area contributed by atoms with E-state index in [-0.39, 0.29) is 18.7 Å². The molecule has 0 saturated heterocycles. The third-order valence-electron chi connectivity index (χ3n) is 3.59. The first kappa shape index (κ1) is 14.9. The van der Waals surface area contributed by atoms with Gasteiger partial charge in [0.15, 0.2) is 11.5 Å². The van der Waals surface area contributed by atoms with Crippen LogP contribution in [0, 0.1) is 0 Å². The summed E-state index contributed by atoms with van der Waals surface area (Å²) in [5.74, 6) is 1.19. The maximum absolute atomic E-state index is 12.3. The van der Waals surface area contributed by atoms with E-state index in [1.165, 1.54) is 4.88 Å². The van der Waals surface area contributed by atoms with Crippen LogP contribution in [0.25, 0.3) is 0 Å². The number of carbonyl (C=O) groups is 1. The van der Waals surface area contributed by atoms with Crippen LogP contribution in [-0.2, 0) is 0 Å². The van der Waals surface area contributed by atoms with Crippen molar-refractivity contribution in [2.45, 2.75) is 6.04 Å². The molecule has 2 heterocycles. The molecule has 116 valence electrons. The van der Waals surface area contributed by atoms with Gasteiger partial charge in [-0.3, -0.25) is 4.79 Å². The second-order valence-electron chi connectivity index (χ2n) is 5.27. The summed E-state index contributed by atoms with van der Waals surface area (Å²) < 4.78 is 10.6. The Morgan fingerprint density at radius 3 is 2.86 bits per heavy atom. The molecule has 1 aliphatic rings. The normalized spacial score (nSPS) is 14.1. The summed E-state index contributed by atoms with van der Waals surface area (Å²) in [5, 5.41) is 5.04. The quantitative estimate of drug-likeness (QED) is 0.920. The lowest BCUT2D eigenvalue weighted by atomic mass is 10.1. The van der Waals surface area contributed by atoms with E-state index in [0.717, 1.165) is 0 Å². The van der Waals surface area contributed by atoms with Crippen LogP contribution < -0.4 is 14.8 Å². The third-order valence-corrected chi connectivity index (χ3v) is 4.56. The minimum Gasteiger partial charge on any atom is -0.454 e. The first-order valence-electron chi connectivity index (χ1n) is 7.03. The van der Waals surface area contributed by atoms with E-state index in [1.807, 2.05) is 25.5 Å². The molecule has 0 radical (unpaired) electrons. The van der Waals surface area contributed by atoms with Crippen LogP contribution in [0.1, 0.15) is 21.3 Å². The van der Waals surface area contributed by atoms with Gasteiger partial charge in [-0.05, 0) is 43.7 Å². The number of hydrogen-bond acceptors (Lipinski definition) is 5. The van der Waals surface area contributed by atoms with Crippen LogP contribution in [0.3, 0.4) is 0 Å². The molecule has 1 aromatic heterocycles. The topological polar surface area (TPSA) is 50.8 Å². The van der Waals surface area contributed by atoms with E-state index in [0.29, 0.717) is 23.6 Å². The van der Waals surface area contributed by atoms with Crippen molar-refractivity contribution in [2.24, 2.45) is 0 Å². The molecule has 0 saturated carbocycles. The summed E-state index contributed by atoms with van der Waals surface area (Å²) in [6, 6.07) is 9.50. The van der Waals surface area contributed by atoms with Crippen molar-refractivity contribution in [1.29, 1.82) is 0 Å². The molecule has 0 bridgehead atoms. The zero-order chi connectivity index (χ0) is 15.5. The van der Waals surface area contributed by atoms with Gasteiger partial charge in [0, 0.05) is 17.0 Å². The summed E-state index contributed by atoms with van der Waals surface area (Å²) in [5.41, 5.74) is 0.577. The highest BCUT2D eigenvalue weighted by molar-refractivity contribution is 7.10. The largest absolute Gasteiger partial charge is 0.454 e. The SMILES string of the molecule is CN(C)[C@H](CNC(=O)c1ccc2c(c1)OCO2)c1cccs1. The number of nitrogens with zero attached hydrogens (tertiary/aromatic N) is 1. The number of thiophene rings is 1. The number of likely N-dealkylation sites (N-methyl/N-ethyl adjacent to an activating group) is 1. The van der Waals surface area contributed by atoms with Gasteiger partial charge in [0.1, 0.15) is 0 Å². The zero-order valence-electron chi connectivity index (χ0n) is 12.5. The van der Waals surface area contributed by atoms with Crippen LogP contribution >= 0.6 is 11.3 Å². The number of hydrogen-bond donors (Lipinski definition) is 1. The molecule has 1 amide bonds. The fraction of sp³-hybridized carbons (Fsp3) is 0.312. The molecule has 0 aliphatic carbocycles. The lowest BCUT2D eigenvalue weighted by Crippen LogP contribution is -2.34. The number of fused-ring (bicyclic) bond motifs is 1. The average molecular weight is 318 g/mol. The van der Waals surface area contributed by atoms with Gasteiger partial charge in [-0.1, -0.05) is 6.07 Å². The maximum atomic E-state index is 12.3. The molecule has 1 atom stereocenters. The Balaban J connectivity index is 1.66. The smallest absolute Gasteiger partial charge is 0.251 e. The second kappa shape index (κ2) is 6.37. The number of carbonyl (C=O) groups excluding carboxylic acids is 1. The Morgan fingerprint density at radius 1 is 1.32 bits per heavy atom. The van der Waals surface area contributed by atoms with Crippen LogP contribution in [0.4, 0.5) is 0 Å². The molecule has 1 aliphatic heterocycles. The van der Waals surface area contributed by atoms with Crippen LogP contribution in [-0.4, -0.2) is 38.2 Å². The zero-order valence-corrected chi connectivity index (χ0v) is 13.4. The van der Waals surface area contributed by atoms with Crippen LogP contribution in [0.15, 0.2) is 35.7 Å². The van der Waals surface area contributed by atoms with Gasteiger partial charge in [0.2, 0.25) is 6.79 Å². The molecule has 0 fully saturated rings. The molecule has 22 heavy (non-hydrogen) atoms. The molecule has 1 aromatic carbocycles. The van der Waals surface area contributed by atoms with Gasteiger partial charge in [-0.2, -0.15) is 0 Å². The van der Waals surface area contributed by atoms with Crippen molar-refractivity contribution in [2.75, 3.05) is 27.4 Å². The highest BCUT2D eigenvalue weighted by Gasteiger charge is 2.19. The number of benzene rings is 1. The number of nitrogens with one attached hydrogen (secondary N) is 1. The van der Waals surface area contributed by atoms with E-state index in [4.69, 9.17) is 9.47 Å². The van der Waals surface area contributed by atoms with Crippen molar-refractivity contribution in [3.05, 3.63) is 46.2 Å². The molecule has 1 N–H and O–H groups in total. The van der Waals surface area contributed by atoms with Crippen molar-refractivity contribution >= 4 is 17.2 Å². The van der Waals surface area contributed by atoms with Gasteiger partial charge >= 0.3 is 0 Å². The Kier molecular flexibility index (Phi) is 4.31. The summed E-state index contributed by atoms with van der Waals surface area (Å²) in [4.78, 5) is 15.7. The lowest BCUT2D eigenvalue weighted by Gasteiger charge is -2.23. The Labute approximate surface area is 133 Å². The summed E-state index contributed by atoms with van der Waals surface area (Å²) in [6.07, 6.45) is 0. The summed E-state index contributed by atoms with van der Waals surface area (Å²) in [6.45, 7) is 0.766. The highest BCUT2D eigenvalue weighted by Crippen LogP contribution is 2.32. The molecular weight excluding hydrogens is 300 g/mol. The Hall–Kier alpha value is -2.05. The van der Waals surface area contributed by atoms with Gasteiger partial charge in [0.05, 0.1) is 6.04 Å². The van der Waals surface area contributed by atoms with Crippen molar-refractivity contribution in [3.63, 3.8) is 0 Å². The first-order valence-corrected chi connectivity index (χ1v) is 7.91. The van der Waals surface area contributed by atoms with E-state index in [9.17, 15) is 4.79 Å². The fourth-order valence-corrected chi connectivity index (χ4v) is 3.27. The van der Waals surface area contributed by atoms with E-state index in [2.05, 4.69) is 16.3 Å². The van der Waals surface area contributed by atoms with E-state index < -0.39 is 0 Å². The Bertz CT molecular complexity index is 655.